The summed E-state index contributed by atoms with van der Waals surface area (Å²) < 4.78 is 6.05. The van der Waals surface area contributed by atoms with E-state index in [1.807, 2.05) is 0 Å². The molecule has 0 atom stereocenters. The number of imide groups is 1. The first kappa shape index (κ1) is 13.7. The lowest BCUT2D eigenvalue weighted by molar-refractivity contribution is -0.578. The van der Waals surface area contributed by atoms with Crippen LogP contribution < -0.4 is 4.57 Å². The Balaban J connectivity index is 2.18. The quantitative estimate of drug-likeness (QED) is 0.461. The molecule has 0 aliphatic carbocycles. The average Bonchev–Trinajstić information content (AvgIpc) is 2.63. The largest absolute Gasteiger partial charge is 0.498 e. The van der Waals surface area contributed by atoms with Gasteiger partial charge in [-0.3, -0.25) is 19.3 Å². The molecule has 0 radical (unpaired) electrons. The monoisotopic (exact) mass is 277 g/mol. The highest BCUT2D eigenvalue weighted by Gasteiger charge is 2.44. The summed E-state index contributed by atoms with van der Waals surface area (Å²) in [6.07, 6.45) is 3.10. The van der Waals surface area contributed by atoms with Gasteiger partial charge < -0.3 is 9.84 Å². The van der Waals surface area contributed by atoms with Crippen LogP contribution in [-0.4, -0.2) is 40.9 Å². The van der Waals surface area contributed by atoms with Crippen molar-refractivity contribution >= 4 is 23.5 Å². The van der Waals surface area contributed by atoms with E-state index in [1.54, 1.807) is 30.6 Å². The molecule has 104 valence electrons. The molecule has 2 heterocycles. The highest BCUT2D eigenvalue weighted by molar-refractivity contribution is 6.28. The van der Waals surface area contributed by atoms with Gasteiger partial charge in [-0.25, -0.2) is 0 Å². The predicted octanol–water partition coefficient (Wildman–Crippen LogP) is -0.367. The number of rotatable bonds is 4. The van der Waals surface area contributed by atoms with Gasteiger partial charge in [0.05, 0.1) is 6.54 Å². The first-order valence-corrected chi connectivity index (χ1v) is 5.92. The van der Waals surface area contributed by atoms with Gasteiger partial charge in [-0.05, 0) is 0 Å². The second-order valence-electron chi connectivity index (χ2n) is 4.08. The minimum atomic E-state index is -0.798. The van der Waals surface area contributed by atoms with Gasteiger partial charge in [-0.2, -0.15) is 4.57 Å². The molecule has 0 bridgehead atoms. The normalized spacial score (nSPS) is 14.9. The maximum Gasteiger partial charge on any atom is 0.330 e. The van der Waals surface area contributed by atoms with Gasteiger partial charge in [0.2, 0.25) is 0 Å². The van der Waals surface area contributed by atoms with Crippen LogP contribution in [0.1, 0.15) is 6.92 Å². The molecule has 2 rings (SSSR count). The number of aromatic nitrogens is 1. The average molecular weight is 277 g/mol. The number of carbonyl (C=O) groups is 3. The Labute approximate surface area is 114 Å². The van der Waals surface area contributed by atoms with Gasteiger partial charge in [0.1, 0.15) is 6.61 Å². The molecule has 0 unspecified atom stereocenters. The molecule has 0 aromatic carbocycles. The molecule has 1 aromatic heterocycles. The summed E-state index contributed by atoms with van der Waals surface area (Å²) in [5.41, 5.74) is -0.113. The van der Waals surface area contributed by atoms with Crippen molar-refractivity contribution in [2.45, 2.75) is 6.92 Å². The molecular formula is C13H13N2O5+. The minimum absolute atomic E-state index is 0.0990. The van der Waals surface area contributed by atoms with E-state index in [4.69, 9.17) is 0 Å². The van der Waals surface area contributed by atoms with E-state index >= 15 is 0 Å². The Bertz CT molecular complexity index is 594. The van der Waals surface area contributed by atoms with Crippen LogP contribution in [0.25, 0.3) is 5.70 Å². The molecule has 7 heteroatoms. The molecule has 0 saturated heterocycles. The first-order valence-electron chi connectivity index (χ1n) is 5.92. The van der Waals surface area contributed by atoms with Crippen molar-refractivity contribution in [3.8, 4) is 0 Å². The van der Waals surface area contributed by atoms with E-state index < -0.39 is 23.5 Å². The Morgan fingerprint density at radius 2 is 1.90 bits per heavy atom. The molecule has 20 heavy (non-hydrogen) atoms. The number of hydrogen-bond donors (Lipinski definition) is 1. The lowest BCUT2D eigenvalue weighted by atomic mass is 10.3. The lowest BCUT2D eigenvalue weighted by Crippen LogP contribution is -2.40. The van der Waals surface area contributed by atoms with Gasteiger partial charge in [-0.15, -0.1) is 0 Å². The molecule has 1 aliphatic rings. The van der Waals surface area contributed by atoms with Gasteiger partial charge in [0.25, 0.3) is 5.76 Å². The number of nitrogens with zero attached hydrogens (tertiary/aromatic N) is 2. The van der Waals surface area contributed by atoms with Gasteiger partial charge >= 0.3 is 23.5 Å². The number of aliphatic hydroxyl groups is 1. The molecule has 1 N–H and O–H groups in total. The van der Waals surface area contributed by atoms with Crippen molar-refractivity contribution < 1.29 is 28.8 Å². The van der Waals surface area contributed by atoms with Crippen LogP contribution in [0.3, 0.4) is 0 Å². The van der Waals surface area contributed by atoms with E-state index in [1.165, 1.54) is 11.5 Å². The fraction of sp³-hybridized carbons (Fsp3) is 0.231. The summed E-state index contributed by atoms with van der Waals surface area (Å²) in [7, 11) is 0. The zero-order chi connectivity index (χ0) is 14.7. The van der Waals surface area contributed by atoms with Crippen LogP contribution in [0, 0.1) is 0 Å². The minimum Gasteiger partial charge on any atom is -0.498 e. The standard InChI is InChI=1S/C13H12N2O5/c1-9(16)20-8-7-15-12(18)10(11(17)13(15)19)14-5-3-2-4-6-14/h2-6H,7-8H2,1H3/p+1. The Kier molecular flexibility index (Phi) is 3.79. The maximum atomic E-state index is 12.1. The Hall–Kier alpha value is -2.70. The summed E-state index contributed by atoms with van der Waals surface area (Å²) in [5, 5.41) is 9.80. The number of hydrogen-bond acceptors (Lipinski definition) is 5. The Morgan fingerprint density at radius 3 is 2.50 bits per heavy atom. The smallest absolute Gasteiger partial charge is 0.330 e. The van der Waals surface area contributed by atoms with Crippen LogP contribution in [0.2, 0.25) is 0 Å². The summed E-state index contributed by atoms with van der Waals surface area (Å²) in [6, 6.07) is 5.08. The molecule has 1 aliphatic heterocycles. The zero-order valence-corrected chi connectivity index (χ0v) is 10.8. The Morgan fingerprint density at radius 1 is 1.25 bits per heavy atom. The molecule has 0 spiro atoms. The number of carbonyl (C=O) groups excluding carboxylic acids is 3. The topological polar surface area (TPSA) is 87.8 Å². The summed E-state index contributed by atoms with van der Waals surface area (Å²) in [6.45, 7) is 1.03. The summed E-state index contributed by atoms with van der Waals surface area (Å²) >= 11 is 0. The molecule has 0 fully saturated rings. The van der Waals surface area contributed by atoms with Gasteiger partial charge in [0.15, 0.2) is 12.4 Å². The van der Waals surface area contributed by atoms with Crippen LogP contribution >= 0.6 is 0 Å². The first-order chi connectivity index (χ1) is 9.52. The van der Waals surface area contributed by atoms with Crippen molar-refractivity contribution in [3.63, 3.8) is 0 Å². The van der Waals surface area contributed by atoms with Crippen LogP contribution in [0.5, 0.6) is 0 Å². The highest BCUT2D eigenvalue weighted by atomic mass is 16.5. The molecular weight excluding hydrogens is 264 g/mol. The van der Waals surface area contributed by atoms with Gasteiger partial charge in [-0.1, -0.05) is 6.07 Å². The van der Waals surface area contributed by atoms with E-state index in [9.17, 15) is 19.5 Å². The van der Waals surface area contributed by atoms with Crippen LogP contribution in [-0.2, 0) is 19.1 Å². The molecule has 2 amide bonds. The maximum absolute atomic E-state index is 12.1. The zero-order valence-electron chi connectivity index (χ0n) is 10.8. The predicted molar refractivity (Wildman–Crippen MR) is 65.8 cm³/mol. The van der Waals surface area contributed by atoms with E-state index in [-0.39, 0.29) is 18.8 Å². The third-order valence-electron chi connectivity index (χ3n) is 2.71. The second-order valence-corrected chi connectivity index (χ2v) is 4.08. The van der Waals surface area contributed by atoms with Crippen LogP contribution in [0.4, 0.5) is 0 Å². The van der Waals surface area contributed by atoms with E-state index in [0.717, 1.165) is 4.90 Å². The number of aliphatic hydroxyl groups excluding tert-OH is 1. The van der Waals surface area contributed by atoms with Crippen molar-refractivity contribution in [2.75, 3.05) is 13.2 Å². The SMILES string of the molecule is CC(=O)OCCN1C(=O)C(O)=C([n+]2ccccc2)C1=O. The second kappa shape index (κ2) is 5.52. The molecule has 7 nitrogen and oxygen atoms in total. The fourth-order valence-electron chi connectivity index (χ4n) is 1.81. The number of pyridine rings is 1. The summed E-state index contributed by atoms with van der Waals surface area (Å²) in [5.74, 6) is -2.54. The van der Waals surface area contributed by atoms with Crippen molar-refractivity contribution in [2.24, 2.45) is 0 Å². The fourth-order valence-corrected chi connectivity index (χ4v) is 1.81. The van der Waals surface area contributed by atoms with Crippen molar-refractivity contribution in [3.05, 3.63) is 36.4 Å². The van der Waals surface area contributed by atoms with Crippen LogP contribution in [0.15, 0.2) is 36.4 Å². The lowest BCUT2D eigenvalue weighted by Gasteiger charge is -2.12. The molecule has 0 saturated carbocycles. The van der Waals surface area contributed by atoms with Crippen molar-refractivity contribution in [1.29, 1.82) is 0 Å². The van der Waals surface area contributed by atoms with E-state index in [0.29, 0.717) is 0 Å². The number of esters is 1. The highest BCUT2D eigenvalue weighted by Crippen LogP contribution is 2.18. The number of ether oxygens (including phenoxy) is 1. The summed E-state index contributed by atoms with van der Waals surface area (Å²) in [4.78, 5) is 35.4. The third kappa shape index (κ3) is 2.51. The molecule has 1 aromatic rings. The third-order valence-corrected chi connectivity index (χ3v) is 2.71. The van der Waals surface area contributed by atoms with E-state index in [2.05, 4.69) is 4.74 Å². The van der Waals surface area contributed by atoms with Gasteiger partial charge in [0, 0.05) is 19.1 Å². The number of amides is 2. The van der Waals surface area contributed by atoms with Crippen molar-refractivity contribution in [1.82, 2.24) is 4.90 Å².